The van der Waals surface area contributed by atoms with E-state index in [1.54, 1.807) is 9.80 Å². The van der Waals surface area contributed by atoms with E-state index in [9.17, 15) is 9.59 Å². The SMILES string of the molecule is Cc1ccc(N2CCN(C(=O)CCc3ccccc3)C(C)C2=O)cc1C. The second-order valence-corrected chi connectivity index (χ2v) is 7.01. The molecule has 2 amide bonds. The highest BCUT2D eigenvalue weighted by Gasteiger charge is 2.34. The zero-order valence-electron chi connectivity index (χ0n) is 15.7. The van der Waals surface area contributed by atoms with Gasteiger partial charge in [0.25, 0.3) is 0 Å². The van der Waals surface area contributed by atoms with Crippen LogP contribution in [0, 0.1) is 13.8 Å². The lowest BCUT2D eigenvalue weighted by Gasteiger charge is -2.39. The molecule has 0 N–H and O–H groups in total. The summed E-state index contributed by atoms with van der Waals surface area (Å²) >= 11 is 0. The van der Waals surface area contributed by atoms with Gasteiger partial charge in [0.05, 0.1) is 0 Å². The third kappa shape index (κ3) is 3.79. The number of anilines is 1. The Labute approximate surface area is 155 Å². The summed E-state index contributed by atoms with van der Waals surface area (Å²) in [4.78, 5) is 29.0. The first-order valence-corrected chi connectivity index (χ1v) is 9.19. The van der Waals surface area contributed by atoms with Gasteiger partial charge in [0.2, 0.25) is 11.8 Å². The largest absolute Gasteiger partial charge is 0.329 e. The number of amides is 2. The van der Waals surface area contributed by atoms with Crippen LogP contribution in [0.3, 0.4) is 0 Å². The van der Waals surface area contributed by atoms with Crippen molar-refractivity contribution in [3.63, 3.8) is 0 Å². The predicted octanol–water partition coefficient (Wildman–Crippen LogP) is 3.50. The Morgan fingerprint density at radius 1 is 1.04 bits per heavy atom. The molecule has 0 aromatic heterocycles. The number of carbonyl (C=O) groups is 2. The summed E-state index contributed by atoms with van der Waals surface area (Å²) in [6, 6.07) is 15.6. The molecule has 2 aromatic rings. The molecule has 0 bridgehead atoms. The molecule has 1 atom stereocenters. The lowest BCUT2D eigenvalue weighted by atomic mass is 10.1. The number of carbonyl (C=O) groups excluding carboxylic acids is 2. The number of hydrogen-bond acceptors (Lipinski definition) is 2. The maximum atomic E-state index is 12.8. The molecule has 1 heterocycles. The van der Waals surface area contributed by atoms with Crippen LogP contribution in [-0.2, 0) is 16.0 Å². The molecule has 0 spiro atoms. The van der Waals surface area contributed by atoms with Crippen molar-refractivity contribution in [3.05, 3.63) is 65.2 Å². The van der Waals surface area contributed by atoms with Crippen LogP contribution in [0.1, 0.15) is 30.0 Å². The molecule has 136 valence electrons. The van der Waals surface area contributed by atoms with E-state index in [1.165, 1.54) is 11.1 Å². The first-order chi connectivity index (χ1) is 12.5. The molecule has 1 aliphatic rings. The van der Waals surface area contributed by atoms with Crippen molar-refractivity contribution in [3.8, 4) is 0 Å². The minimum Gasteiger partial charge on any atom is -0.329 e. The molecule has 1 fully saturated rings. The van der Waals surface area contributed by atoms with Crippen molar-refractivity contribution in [2.75, 3.05) is 18.0 Å². The summed E-state index contributed by atoms with van der Waals surface area (Å²) in [5.74, 6) is 0.0435. The fourth-order valence-electron chi connectivity index (χ4n) is 3.40. The molecule has 1 unspecified atom stereocenters. The number of piperazine rings is 1. The van der Waals surface area contributed by atoms with E-state index in [0.29, 0.717) is 25.9 Å². The average molecular weight is 350 g/mol. The van der Waals surface area contributed by atoms with Gasteiger partial charge in [0, 0.05) is 25.2 Å². The Morgan fingerprint density at radius 2 is 1.77 bits per heavy atom. The smallest absolute Gasteiger partial charge is 0.249 e. The maximum absolute atomic E-state index is 12.8. The van der Waals surface area contributed by atoms with Crippen LogP contribution in [0.2, 0.25) is 0 Å². The molecule has 1 saturated heterocycles. The molecule has 2 aromatic carbocycles. The van der Waals surface area contributed by atoms with Crippen molar-refractivity contribution in [1.29, 1.82) is 0 Å². The summed E-state index contributed by atoms with van der Waals surface area (Å²) in [5.41, 5.74) is 4.45. The van der Waals surface area contributed by atoms with Gasteiger partial charge in [0.1, 0.15) is 6.04 Å². The fraction of sp³-hybridized carbons (Fsp3) is 0.364. The highest BCUT2D eigenvalue weighted by molar-refractivity contribution is 6.00. The molecule has 4 nitrogen and oxygen atoms in total. The molecule has 26 heavy (non-hydrogen) atoms. The van der Waals surface area contributed by atoms with Crippen LogP contribution in [-0.4, -0.2) is 35.8 Å². The average Bonchev–Trinajstić information content (AvgIpc) is 2.65. The molecule has 3 rings (SSSR count). The van der Waals surface area contributed by atoms with Crippen LogP contribution >= 0.6 is 0 Å². The van der Waals surface area contributed by atoms with Crippen LogP contribution in [0.25, 0.3) is 0 Å². The summed E-state index contributed by atoms with van der Waals surface area (Å²) in [5, 5.41) is 0. The Hall–Kier alpha value is -2.62. The highest BCUT2D eigenvalue weighted by atomic mass is 16.2. The maximum Gasteiger partial charge on any atom is 0.249 e. The monoisotopic (exact) mass is 350 g/mol. The van der Waals surface area contributed by atoms with Crippen molar-refractivity contribution in [2.24, 2.45) is 0 Å². The molecule has 0 aliphatic carbocycles. The van der Waals surface area contributed by atoms with Crippen molar-refractivity contribution >= 4 is 17.5 Å². The van der Waals surface area contributed by atoms with Gasteiger partial charge in [-0.25, -0.2) is 0 Å². The Morgan fingerprint density at radius 3 is 2.46 bits per heavy atom. The molecule has 4 heteroatoms. The van der Waals surface area contributed by atoms with Gasteiger partial charge in [0.15, 0.2) is 0 Å². The Kier molecular flexibility index (Phi) is 5.40. The van der Waals surface area contributed by atoms with Crippen LogP contribution < -0.4 is 4.90 Å². The van der Waals surface area contributed by atoms with E-state index < -0.39 is 6.04 Å². The van der Waals surface area contributed by atoms with Crippen molar-refractivity contribution in [2.45, 2.75) is 39.7 Å². The van der Waals surface area contributed by atoms with Crippen LogP contribution in [0.5, 0.6) is 0 Å². The van der Waals surface area contributed by atoms with E-state index in [2.05, 4.69) is 13.8 Å². The third-order valence-electron chi connectivity index (χ3n) is 5.25. The number of nitrogens with zero attached hydrogens (tertiary/aromatic N) is 2. The van der Waals surface area contributed by atoms with Gasteiger partial charge in [-0.3, -0.25) is 9.59 Å². The van der Waals surface area contributed by atoms with Crippen LogP contribution in [0.15, 0.2) is 48.5 Å². The van der Waals surface area contributed by atoms with E-state index in [0.717, 1.165) is 11.3 Å². The van der Waals surface area contributed by atoms with E-state index >= 15 is 0 Å². The Bertz CT molecular complexity index is 801. The lowest BCUT2D eigenvalue weighted by molar-refractivity contribution is -0.140. The highest BCUT2D eigenvalue weighted by Crippen LogP contribution is 2.23. The van der Waals surface area contributed by atoms with Gasteiger partial charge in [-0.2, -0.15) is 0 Å². The van der Waals surface area contributed by atoms with Crippen LogP contribution in [0.4, 0.5) is 5.69 Å². The second kappa shape index (κ2) is 7.73. The number of benzene rings is 2. The standard InChI is InChI=1S/C22H26N2O2/c1-16-9-11-20(15-17(16)2)24-14-13-23(18(3)22(24)26)21(25)12-10-19-7-5-4-6-8-19/h4-9,11,15,18H,10,12-14H2,1-3H3. The molecule has 1 aliphatic heterocycles. The van der Waals surface area contributed by atoms with Crippen molar-refractivity contribution < 1.29 is 9.59 Å². The third-order valence-corrected chi connectivity index (χ3v) is 5.25. The molecular weight excluding hydrogens is 324 g/mol. The van der Waals surface area contributed by atoms with E-state index in [1.807, 2.05) is 55.5 Å². The van der Waals surface area contributed by atoms with Gasteiger partial charge in [-0.05, 0) is 56.0 Å². The summed E-state index contributed by atoms with van der Waals surface area (Å²) < 4.78 is 0. The summed E-state index contributed by atoms with van der Waals surface area (Å²) in [6.45, 7) is 7.06. The summed E-state index contributed by atoms with van der Waals surface area (Å²) in [7, 11) is 0. The quantitative estimate of drug-likeness (QED) is 0.847. The molecule has 0 radical (unpaired) electrons. The second-order valence-electron chi connectivity index (χ2n) is 7.01. The zero-order valence-corrected chi connectivity index (χ0v) is 15.7. The van der Waals surface area contributed by atoms with Crippen molar-refractivity contribution in [1.82, 2.24) is 4.90 Å². The van der Waals surface area contributed by atoms with Gasteiger partial charge in [-0.15, -0.1) is 0 Å². The van der Waals surface area contributed by atoms with Gasteiger partial charge >= 0.3 is 0 Å². The number of hydrogen-bond donors (Lipinski definition) is 0. The molecule has 0 saturated carbocycles. The molecular formula is C22H26N2O2. The number of aryl methyl sites for hydroxylation is 3. The van der Waals surface area contributed by atoms with E-state index in [4.69, 9.17) is 0 Å². The minimum absolute atomic E-state index is 0.00689. The van der Waals surface area contributed by atoms with Gasteiger partial charge in [-0.1, -0.05) is 36.4 Å². The summed E-state index contributed by atoms with van der Waals surface area (Å²) in [6.07, 6.45) is 1.14. The Balaban J connectivity index is 1.65. The zero-order chi connectivity index (χ0) is 18.7. The first-order valence-electron chi connectivity index (χ1n) is 9.19. The van der Waals surface area contributed by atoms with Gasteiger partial charge < -0.3 is 9.80 Å². The van der Waals surface area contributed by atoms with E-state index in [-0.39, 0.29) is 11.8 Å². The predicted molar refractivity (Wildman–Crippen MR) is 104 cm³/mol. The normalized spacial score (nSPS) is 17.5. The first kappa shape index (κ1) is 18.2. The fourth-order valence-corrected chi connectivity index (χ4v) is 3.40. The lowest BCUT2D eigenvalue weighted by Crippen LogP contribution is -2.57. The number of rotatable bonds is 4. The minimum atomic E-state index is -0.423. The topological polar surface area (TPSA) is 40.6 Å².